The van der Waals surface area contributed by atoms with Gasteiger partial charge in [0.2, 0.25) is 0 Å². The van der Waals surface area contributed by atoms with Gasteiger partial charge in [-0.05, 0) is 85.1 Å². The van der Waals surface area contributed by atoms with E-state index in [4.69, 9.17) is 4.98 Å². The summed E-state index contributed by atoms with van der Waals surface area (Å²) in [6.07, 6.45) is 2.07. The van der Waals surface area contributed by atoms with E-state index in [-0.39, 0.29) is 5.92 Å². The van der Waals surface area contributed by atoms with Gasteiger partial charge >= 0.3 is 0 Å². The maximum Gasteiger partial charge on any atom is 0.0702 e. The van der Waals surface area contributed by atoms with E-state index in [1.165, 1.54) is 60.3 Å². The number of aromatic nitrogens is 3. The third kappa shape index (κ3) is 4.28. The van der Waals surface area contributed by atoms with Gasteiger partial charge in [0.05, 0.1) is 5.69 Å². The van der Waals surface area contributed by atoms with Crippen LogP contribution in [0.3, 0.4) is 0 Å². The first kappa shape index (κ1) is 26.9. The van der Waals surface area contributed by atoms with Gasteiger partial charge < -0.3 is 9.13 Å². The lowest BCUT2D eigenvalue weighted by molar-refractivity contribution is 0.826. The van der Waals surface area contributed by atoms with E-state index in [9.17, 15) is 0 Å². The third-order valence-electron chi connectivity index (χ3n) is 9.13. The summed E-state index contributed by atoms with van der Waals surface area (Å²) in [5.41, 5.74) is 10.9. The molecule has 0 N–H and O–H groups in total. The van der Waals surface area contributed by atoms with Crippen molar-refractivity contribution in [3.8, 4) is 11.3 Å². The summed E-state index contributed by atoms with van der Waals surface area (Å²) >= 11 is 3.61. The Balaban J connectivity index is 1.35. The van der Waals surface area contributed by atoms with E-state index < -0.39 is 0 Å². The zero-order valence-corrected chi connectivity index (χ0v) is 26.4. The fraction of sp³-hybridized carbons (Fsp3) is 0.125. The van der Waals surface area contributed by atoms with Crippen LogP contribution >= 0.6 is 15.9 Å². The van der Waals surface area contributed by atoms with Crippen LogP contribution in [0.2, 0.25) is 0 Å². The lowest BCUT2D eigenvalue weighted by atomic mass is 9.84. The van der Waals surface area contributed by atoms with Gasteiger partial charge in [-0.2, -0.15) is 0 Å². The molecule has 0 amide bonds. The van der Waals surface area contributed by atoms with Crippen molar-refractivity contribution in [2.45, 2.75) is 32.9 Å². The maximum absolute atomic E-state index is 4.99. The molecule has 0 spiro atoms. The van der Waals surface area contributed by atoms with E-state index >= 15 is 0 Å². The highest BCUT2D eigenvalue weighted by Gasteiger charge is 2.21. The van der Waals surface area contributed by atoms with Crippen LogP contribution < -0.4 is 0 Å². The molecular weight excluding hydrogens is 602 g/mol. The molecule has 4 heteroatoms. The highest BCUT2D eigenvalue weighted by molar-refractivity contribution is 9.10. The number of nitrogens with zero attached hydrogens (tertiary/aromatic N) is 3. The average Bonchev–Trinajstić information content (AvgIpc) is 3.57. The smallest absolute Gasteiger partial charge is 0.0702 e. The first-order chi connectivity index (χ1) is 21.6. The van der Waals surface area contributed by atoms with Crippen molar-refractivity contribution in [2.75, 3.05) is 0 Å². The Morgan fingerprint density at radius 3 is 1.61 bits per heavy atom. The molecule has 0 atom stereocenters. The van der Waals surface area contributed by atoms with Crippen molar-refractivity contribution in [1.82, 2.24) is 14.1 Å². The van der Waals surface area contributed by atoms with E-state index in [1.54, 1.807) is 0 Å². The topological polar surface area (TPSA) is 22.8 Å². The molecule has 0 saturated carbocycles. The van der Waals surface area contributed by atoms with Crippen LogP contribution in [0.25, 0.3) is 54.9 Å². The summed E-state index contributed by atoms with van der Waals surface area (Å²) in [6.45, 7) is 6.32. The van der Waals surface area contributed by atoms with Crippen LogP contribution in [-0.4, -0.2) is 14.1 Å². The monoisotopic (exact) mass is 633 g/mol. The molecule has 0 radical (unpaired) electrons. The minimum Gasteiger partial charge on any atom is -0.341 e. The number of fused-ring (bicyclic) bond motifs is 6. The molecule has 44 heavy (non-hydrogen) atoms. The van der Waals surface area contributed by atoms with E-state index in [0.717, 1.165) is 28.8 Å². The lowest BCUT2D eigenvalue weighted by Gasteiger charge is -2.20. The second-order valence-electron chi connectivity index (χ2n) is 11.5. The number of rotatable bonds is 6. The summed E-state index contributed by atoms with van der Waals surface area (Å²) in [6, 6.07) is 44.4. The lowest BCUT2D eigenvalue weighted by Crippen LogP contribution is -2.05. The Kier molecular flexibility index (Phi) is 6.61. The highest BCUT2D eigenvalue weighted by Crippen LogP contribution is 2.39. The minimum atomic E-state index is 0.0281. The second-order valence-corrected chi connectivity index (χ2v) is 12.4. The van der Waals surface area contributed by atoms with Gasteiger partial charge in [-0.1, -0.05) is 82.7 Å². The predicted molar refractivity (Wildman–Crippen MR) is 189 cm³/mol. The van der Waals surface area contributed by atoms with Crippen molar-refractivity contribution in [1.29, 1.82) is 0 Å². The van der Waals surface area contributed by atoms with Crippen molar-refractivity contribution in [3.05, 3.63) is 149 Å². The summed E-state index contributed by atoms with van der Waals surface area (Å²) in [5.74, 6) is 0.0281. The molecular formula is C40H32BrN3. The van der Waals surface area contributed by atoms with Crippen LogP contribution in [0, 0.1) is 0 Å². The largest absolute Gasteiger partial charge is 0.341 e. The van der Waals surface area contributed by atoms with E-state index in [2.05, 4.69) is 160 Å². The number of aryl methyl sites for hydroxylation is 2. The Hall–Kier alpha value is -4.67. The standard InChI is InChI=1S/C40H32BrN3/c1-3-43-36-14-7-5-12-31(36)33-23-27(17-20-38(33)43)40(29-16-19-35(42-25-29)26-10-9-11-30(41)22-26)28-18-21-39-34(24-28)32-13-6-8-15-37(32)44(39)4-2/h5-25,40H,3-4H2,1-2H3. The number of hydrogen-bond donors (Lipinski definition) is 0. The third-order valence-corrected chi connectivity index (χ3v) is 9.63. The number of hydrogen-bond acceptors (Lipinski definition) is 1. The van der Waals surface area contributed by atoms with E-state index in [0.29, 0.717) is 0 Å². The van der Waals surface area contributed by atoms with Gasteiger partial charge in [0, 0.05) is 78.9 Å². The van der Waals surface area contributed by atoms with Crippen LogP contribution in [-0.2, 0) is 13.1 Å². The molecule has 3 heterocycles. The van der Waals surface area contributed by atoms with Gasteiger partial charge in [-0.3, -0.25) is 4.98 Å². The van der Waals surface area contributed by atoms with Gasteiger partial charge in [0.15, 0.2) is 0 Å². The minimum absolute atomic E-state index is 0.0281. The summed E-state index contributed by atoms with van der Waals surface area (Å²) < 4.78 is 5.89. The van der Waals surface area contributed by atoms with Crippen molar-refractivity contribution in [3.63, 3.8) is 0 Å². The van der Waals surface area contributed by atoms with Gasteiger partial charge in [0.25, 0.3) is 0 Å². The number of para-hydroxylation sites is 2. The molecule has 8 rings (SSSR count). The molecule has 0 unspecified atom stereocenters. The molecule has 3 aromatic heterocycles. The summed E-state index contributed by atoms with van der Waals surface area (Å²) in [5, 5.41) is 5.20. The molecule has 0 aliphatic rings. The Morgan fingerprint density at radius 1 is 0.545 bits per heavy atom. The Morgan fingerprint density at radius 2 is 1.09 bits per heavy atom. The zero-order valence-electron chi connectivity index (χ0n) is 24.8. The molecule has 8 aromatic rings. The molecule has 3 nitrogen and oxygen atoms in total. The quantitative estimate of drug-likeness (QED) is 0.178. The van der Waals surface area contributed by atoms with E-state index in [1.807, 2.05) is 6.07 Å². The fourth-order valence-electron chi connectivity index (χ4n) is 7.16. The maximum atomic E-state index is 4.99. The molecule has 0 fully saturated rings. The van der Waals surface area contributed by atoms with Crippen LogP contribution in [0.1, 0.15) is 36.5 Å². The van der Waals surface area contributed by atoms with Gasteiger partial charge in [-0.15, -0.1) is 0 Å². The molecule has 0 saturated heterocycles. The summed E-state index contributed by atoms with van der Waals surface area (Å²) in [7, 11) is 0. The number of benzene rings is 5. The van der Waals surface area contributed by atoms with Crippen LogP contribution in [0.15, 0.2) is 132 Å². The fourth-order valence-corrected chi connectivity index (χ4v) is 7.55. The van der Waals surface area contributed by atoms with Crippen molar-refractivity contribution in [2.24, 2.45) is 0 Å². The average molecular weight is 635 g/mol. The molecule has 5 aromatic carbocycles. The van der Waals surface area contributed by atoms with Crippen molar-refractivity contribution < 1.29 is 0 Å². The highest BCUT2D eigenvalue weighted by atomic mass is 79.9. The molecule has 0 aliphatic carbocycles. The van der Waals surface area contributed by atoms with Crippen LogP contribution in [0.4, 0.5) is 0 Å². The molecule has 0 aliphatic heterocycles. The van der Waals surface area contributed by atoms with Gasteiger partial charge in [0.1, 0.15) is 0 Å². The molecule has 214 valence electrons. The zero-order chi connectivity index (χ0) is 29.8. The Bertz CT molecular complexity index is 2200. The first-order valence-electron chi connectivity index (χ1n) is 15.4. The first-order valence-corrected chi connectivity index (χ1v) is 16.2. The van der Waals surface area contributed by atoms with Crippen molar-refractivity contribution >= 4 is 59.5 Å². The van der Waals surface area contributed by atoms with Gasteiger partial charge in [-0.25, -0.2) is 0 Å². The van der Waals surface area contributed by atoms with Crippen LogP contribution in [0.5, 0.6) is 0 Å². The SMILES string of the molecule is CCn1c2ccccc2c2cc(C(c3ccc(-c4cccc(Br)c4)nc3)c3ccc4c(c3)c3ccccc3n4CC)ccc21. The second kappa shape index (κ2) is 10.8. The normalized spacial score (nSPS) is 11.9. The number of halogens is 1. The summed E-state index contributed by atoms with van der Waals surface area (Å²) in [4.78, 5) is 4.99. The Labute approximate surface area is 265 Å². The predicted octanol–water partition coefficient (Wildman–Crippen LogP) is 10.9. The molecule has 0 bridgehead atoms. The number of pyridine rings is 1.